The summed E-state index contributed by atoms with van der Waals surface area (Å²) in [5, 5.41) is 15.3. The Labute approximate surface area is 131 Å². The molecule has 0 spiro atoms. The summed E-state index contributed by atoms with van der Waals surface area (Å²) in [5.74, 6) is 0. The third-order valence-electron chi connectivity index (χ3n) is 4.46. The molecule has 2 aromatic carbocycles. The molecule has 0 radical (unpaired) electrons. The summed E-state index contributed by atoms with van der Waals surface area (Å²) in [6.45, 7) is 6.24. The molecule has 1 aromatic heterocycles. The van der Waals surface area contributed by atoms with E-state index in [-0.39, 0.29) is 12.6 Å². The number of fused-ring (bicyclic) bond motifs is 3. The smallest absolute Gasteiger partial charge is 0.0584 e. The molecule has 0 aliphatic carbocycles. The predicted octanol–water partition coefficient (Wildman–Crippen LogP) is 3.67. The van der Waals surface area contributed by atoms with E-state index in [1.54, 1.807) is 0 Å². The fraction of sp³-hybridized carbons (Fsp3) is 0.368. The molecule has 3 rings (SSSR count). The summed E-state index contributed by atoms with van der Waals surface area (Å²) in [6, 6.07) is 15.4. The molecule has 3 nitrogen and oxygen atoms in total. The van der Waals surface area contributed by atoms with Gasteiger partial charge in [-0.15, -0.1) is 0 Å². The van der Waals surface area contributed by atoms with Crippen LogP contribution >= 0.6 is 0 Å². The average molecular weight is 296 g/mol. The summed E-state index contributed by atoms with van der Waals surface area (Å²) in [5.41, 5.74) is 3.85. The van der Waals surface area contributed by atoms with Crippen molar-refractivity contribution in [1.82, 2.24) is 9.88 Å². The number of aryl methyl sites for hydroxylation is 1. The van der Waals surface area contributed by atoms with Crippen molar-refractivity contribution in [2.75, 3.05) is 6.61 Å². The van der Waals surface area contributed by atoms with Crippen LogP contribution in [0.4, 0.5) is 0 Å². The quantitative estimate of drug-likeness (QED) is 0.728. The van der Waals surface area contributed by atoms with E-state index in [1.807, 2.05) is 0 Å². The van der Waals surface area contributed by atoms with Gasteiger partial charge in [0.1, 0.15) is 0 Å². The number of nitrogens with one attached hydrogen (secondary N) is 1. The third kappa shape index (κ3) is 2.62. The normalized spacial score (nSPS) is 13.0. The van der Waals surface area contributed by atoms with Crippen LogP contribution in [-0.4, -0.2) is 22.3 Å². The topological polar surface area (TPSA) is 37.2 Å². The molecule has 0 aliphatic rings. The first kappa shape index (κ1) is 15.1. The van der Waals surface area contributed by atoms with Crippen molar-refractivity contribution in [1.29, 1.82) is 0 Å². The predicted molar refractivity (Wildman–Crippen MR) is 93.1 cm³/mol. The lowest BCUT2D eigenvalue weighted by Crippen LogP contribution is -2.31. The Balaban J connectivity index is 2.01. The first-order valence-electron chi connectivity index (χ1n) is 8.12. The maximum Gasteiger partial charge on any atom is 0.0584 e. The third-order valence-corrected chi connectivity index (χ3v) is 4.46. The van der Waals surface area contributed by atoms with Crippen LogP contribution in [0, 0.1) is 0 Å². The van der Waals surface area contributed by atoms with E-state index < -0.39 is 0 Å². The SMILES string of the molecule is CCC(CO)NCc1ccc2c(c1)c1ccccc1n2CC. The van der Waals surface area contributed by atoms with Gasteiger partial charge in [-0.3, -0.25) is 0 Å². The van der Waals surface area contributed by atoms with Crippen LogP contribution in [0.1, 0.15) is 25.8 Å². The maximum absolute atomic E-state index is 9.29. The van der Waals surface area contributed by atoms with Crippen molar-refractivity contribution < 1.29 is 5.11 Å². The Hall–Kier alpha value is -1.84. The van der Waals surface area contributed by atoms with Crippen LogP contribution in [-0.2, 0) is 13.1 Å². The van der Waals surface area contributed by atoms with Gasteiger partial charge in [0.25, 0.3) is 0 Å². The highest BCUT2D eigenvalue weighted by Crippen LogP contribution is 2.29. The van der Waals surface area contributed by atoms with Crippen molar-refractivity contribution in [3.8, 4) is 0 Å². The van der Waals surface area contributed by atoms with E-state index in [2.05, 4.69) is 66.2 Å². The lowest BCUT2D eigenvalue weighted by molar-refractivity contribution is 0.238. The highest BCUT2D eigenvalue weighted by atomic mass is 16.3. The molecular weight excluding hydrogens is 272 g/mol. The number of hydrogen-bond donors (Lipinski definition) is 2. The Bertz CT molecular complexity index is 772. The zero-order valence-electron chi connectivity index (χ0n) is 13.3. The zero-order chi connectivity index (χ0) is 15.5. The Morgan fingerprint density at radius 1 is 1.05 bits per heavy atom. The molecule has 3 heteroatoms. The van der Waals surface area contributed by atoms with E-state index >= 15 is 0 Å². The number of para-hydroxylation sites is 1. The number of hydrogen-bond acceptors (Lipinski definition) is 2. The number of benzene rings is 2. The minimum Gasteiger partial charge on any atom is -0.395 e. The van der Waals surface area contributed by atoms with E-state index in [9.17, 15) is 5.11 Å². The van der Waals surface area contributed by atoms with Crippen LogP contribution in [0.2, 0.25) is 0 Å². The summed E-state index contributed by atoms with van der Waals surface area (Å²) >= 11 is 0. The second-order valence-corrected chi connectivity index (χ2v) is 5.78. The van der Waals surface area contributed by atoms with Gasteiger partial charge in [-0.25, -0.2) is 0 Å². The van der Waals surface area contributed by atoms with Gasteiger partial charge in [-0.1, -0.05) is 31.2 Å². The van der Waals surface area contributed by atoms with Gasteiger partial charge >= 0.3 is 0 Å². The minimum atomic E-state index is 0.174. The highest BCUT2D eigenvalue weighted by Gasteiger charge is 2.10. The molecule has 3 aromatic rings. The molecule has 116 valence electrons. The number of nitrogens with zero attached hydrogens (tertiary/aromatic N) is 1. The number of aliphatic hydroxyl groups excluding tert-OH is 1. The zero-order valence-corrected chi connectivity index (χ0v) is 13.3. The largest absolute Gasteiger partial charge is 0.395 e. The highest BCUT2D eigenvalue weighted by molar-refractivity contribution is 6.08. The Morgan fingerprint density at radius 2 is 1.82 bits per heavy atom. The summed E-state index contributed by atoms with van der Waals surface area (Å²) in [6.07, 6.45) is 0.938. The number of aliphatic hydroxyl groups is 1. The lowest BCUT2D eigenvalue weighted by Gasteiger charge is -2.14. The van der Waals surface area contributed by atoms with Crippen LogP contribution in [0.5, 0.6) is 0 Å². The summed E-state index contributed by atoms with van der Waals surface area (Å²) in [7, 11) is 0. The molecule has 1 unspecified atom stereocenters. The van der Waals surface area contributed by atoms with E-state index in [1.165, 1.54) is 27.4 Å². The van der Waals surface area contributed by atoms with Crippen molar-refractivity contribution in [3.63, 3.8) is 0 Å². The van der Waals surface area contributed by atoms with Gasteiger partial charge in [-0.2, -0.15) is 0 Å². The standard InChI is InChI=1S/C19H24N2O/c1-3-15(13-22)20-12-14-9-10-19-17(11-14)16-7-5-6-8-18(16)21(19)4-2/h5-11,15,20,22H,3-4,12-13H2,1-2H3. The molecule has 0 bridgehead atoms. The molecular formula is C19H24N2O. The monoisotopic (exact) mass is 296 g/mol. The maximum atomic E-state index is 9.29. The second kappa shape index (κ2) is 6.51. The van der Waals surface area contributed by atoms with E-state index in [0.717, 1.165) is 19.5 Å². The molecule has 22 heavy (non-hydrogen) atoms. The van der Waals surface area contributed by atoms with Gasteiger partial charge in [0.05, 0.1) is 6.61 Å². The summed E-state index contributed by atoms with van der Waals surface area (Å²) in [4.78, 5) is 0. The van der Waals surface area contributed by atoms with Crippen molar-refractivity contribution in [3.05, 3.63) is 48.0 Å². The molecule has 0 saturated carbocycles. The molecule has 2 N–H and O–H groups in total. The van der Waals surface area contributed by atoms with E-state index in [4.69, 9.17) is 0 Å². The fourth-order valence-electron chi connectivity index (χ4n) is 3.15. The van der Waals surface area contributed by atoms with Crippen LogP contribution in [0.25, 0.3) is 21.8 Å². The first-order valence-corrected chi connectivity index (χ1v) is 8.12. The molecule has 1 atom stereocenters. The van der Waals surface area contributed by atoms with Gasteiger partial charge in [0.15, 0.2) is 0 Å². The second-order valence-electron chi connectivity index (χ2n) is 5.78. The van der Waals surface area contributed by atoms with Crippen LogP contribution in [0.15, 0.2) is 42.5 Å². The van der Waals surface area contributed by atoms with Crippen LogP contribution in [0.3, 0.4) is 0 Å². The molecule has 0 fully saturated rings. The van der Waals surface area contributed by atoms with Gasteiger partial charge in [0, 0.05) is 40.9 Å². The fourth-order valence-corrected chi connectivity index (χ4v) is 3.15. The van der Waals surface area contributed by atoms with Crippen molar-refractivity contribution >= 4 is 21.8 Å². The van der Waals surface area contributed by atoms with Crippen molar-refractivity contribution in [2.24, 2.45) is 0 Å². The number of aromatic nitrogens is 1. The van der Waals surface area contributed by atoms with Gasteiger partial charge in [0.2, 0.25) is 0 Å². The molecule has 1 heterocycles. The molecule has 0 saturated heterocycles. The van der Waals surface area contributed by atoms with Crippen LogP contribution < -0.4 is 5.32 Å². The Morgan fingerprint density at radius 3 is 2.55 bits per heavy atom. The van der Waals surface area contributed by atoms with Gasteiger partial charge < -0.3 is 15.0 Å². The van der Waals surface area contributed by atoms with Gasteiger partial charge in [-0.05, 0) is 37.1 Å². The first-order chi connectivity index (χ1) is 10.8. The van der Waals surface area contributed by atoms with Crippen molar-refractivity contribution in [2.45, 2.75) is 39.4 Å². The molecule has 0 aliphatic heterocycles. The number of rotatable bonds is 6. The Kier molecular flexibility index (Phi) is 4.46. The molecule has 0 amide bonds. The summed E-state index contributed by atoms with van der Waals surface area (Å²) < 4.78 is 2.37. The average Bonchev–Trinajstić information content (AvgIpc) is 2.89. The van der Waals surface area contributed by atoms with E-state index in [0.29, 0.717) is 0 Å². The minimum absolute atomic E-state index is 0.174. The lowest BCUT2D eigenvalue weighted by atomic mass is 10.1.